The zero-order chi connectivity index (χ0) is 12.2. The maximum Gasteiger partial charge on any atom is 0.246 e. The highest BCUT2D eigenvalue weighted by Crippen LogP contribution is 2.07. The molecule has 1 amide bonds. The van der Waals surface area contributed by atoms with E-state index < -0.39 is 0 Å². The lowest BCUT2D eigenvalue weighted by Crippen LogP contribution is -2.34. The molecule has 0 fully saturated rings. The monoisotopic (exact) mass is 226 g/mol. The maximum absolute atomic E-state index is 11.5. The van der Waals surface area contributed by atoms with Crippen LogP contribution in [0, 0.1) is 0 Å². The fourth-order valence-electron chi connectivity index (χ4n) is 1.06. The van der Waals surface area contributed by atoms with Crippen LogP contribution in [0.25, 0.3) is 0 Å². The summed E-state index contributed by atoms with van der Waals surface area (Å²) in [5.41, 5.74) is -0.313. The van der Waals surface area contributed by atoms with E-state index >= 15 is 0 Å². The van der Waals surface area contributed by atoms with Crippen molar-refractivity contribution in [2.45, 2.75) is 39.3 Å². The topological polar surface area (TPSA) is 79.9 Å². The molecule has 90 valence electrons. The Balaban J connectivity index is 2.35. The summed E-state index contributed by atoms with van der Waals surface area (Å²) >= 11 is 0. The van der Waals surface area contributed by atoms with Crippen LogP contribution in [-0.4, -0.2) is 33.3 Å². The Hall–Kier alpha value is -1.43. The van der Waals surface area contributed by atoms with Crippen molar-refractivity contribution in [2.24, 2.45) is 0 Å². The molecule has 1 aromatic heterocycles. The lowest BCUT2D eigenvalue weighted by atomic mass is 10.2. The average Bonchev–Trinajstić information content (AvgIpc) is 2.66. The summed E-state index contributed by atoms with van der Waals surface area (Å²) < 4.78 is 5.35. The fraction of sp³-hybridized carbons (Fsp3) is 0.700. The molecule has 0 saturated heterocycles. The molecule has 0 spiro atoms. The van der Waals surface area contributed by atoms with Crippen molar-refractivity contribution in [3.63, 3.8) is 0 Å². The van der Waals surface area contributed by atoms with Crippen LogP contribution in [0.3, 0.4) is 0 Å². The summed E-state index contributed by atoms with van der Waals surface area (Å²) in [5.74, 6) is 0.461. The number of rotatable bonds is 4. The van der Waals surface area contributed by atoms with Crippen molar-refractivity contribution in [3.05, 3.63) is 12.2 Å². The van der Waals surface area contributed by atoms with Gasteiger partial charge in [-0.25, -0.2) is 4.98 Å². The molecule has 2 N–H and O–H groups in total. The van der Waals surface area contributed by atoms with Crippen LogP contribution in [0.15, 0.2) is 6.33 Å². The summed E-state index contributed by atoms with van der Waals surface area (Å²) in [6, 6.07) is -0.196. The van der Waals surface area contributed by atoms with Gasteiger partial charge in [0.1, 0.15) is 18.8 Å². The van der Waals surface area contributed by atoms with E-state index in [1.807, 2.05) is 27.7 Å². The molecule has 6 nitrogen and oxygen atoms in total. The predicted molar refractivity (Wildman–Crippen MR) is 58.6 cm³/mol. The van der Waals surface area contributed by atoms with Gasteiger partial charge in [0, 0.05) is 0 Å². The van der Waals surface area contributed by atoms with Gasteiger partial charge in [0.05, 0.1) is 11.6 Å². The fourth-order valence-corrected chi connectivity index (χ4v) is 1.06. The van der Waals surface area contributed by atoms with E-state index in [1.165, 1.54) is 6.33 Å². The molecular formula is C10H18N4O2. The van der Waals surface area contributed by atoms with Gasteiger partial charge in [0.2, 0.25) is 5.91 Å². The molecule has 0 aromatic carbocycles. The number of nitrogens with one attached hydrogen (secondary N) is 2. The average molecular weight is 226 g/mol. The molecule has 0 saturated carbocycles. The normalized spacial score (nSPS) is 13.5. The van der Waals surface area contributed by atoms with E-state index in [0.29, 0.717) is 5.82 Å². The lowest BCUT2D eigenvalue weighted by molar-refractivity contribution is -0.131. The van der Waals surface area contributed by atoms with E-state index in [-0.39, 0.29) is 24.2 Å². The second-order valence-corrected chi connectivity index (χ2v) is 4.56. The van der Waals surface area contributed by atoms with Crippen molar-refractivity contribution in [1.82, 2.24) is 20.5 Å². The van der Waals surface area contributed by atoms with E-state index in [9.17, 15) is 4.79 Å². The first-order valence-electron chi connectivity index (χ1n) is 5.17. The minimum absolute atomic E-state index is 0.0436. The Labute approximate surface area is 94.8 Å². The number of amides is 1. The van der Waals surface area contributed by atoms with Crippen molar-refractivity contribution in [1.29, 1.82) is 0 Å². The van der Waals surface area contributed by atoms with Gasteiger partial charge in [-0.3, -0.25) is 9.89 Å². The first-order valence-corrected chi connectivity index (χ1v) is 5.17. The number of H-pyrrole nitrogens is 1. The number of hydrogen-bond acceptors (Lipinski definition) is 4. The molecule has 0 radical (unpaired) electrons. The zero-order valence-corrected chi connectivity index (χ0v) is 10.1. The number of nitrogens with zero attached hydrogens (tertiary/aromatic N) is 2. The van der Waals surface area contributed by atoms with Gasteiger partial charge in [-0.1, -0.05) is 0 Å². The lowest BCUT2D eigenvalue weighted by Gasteiger charge is -2.19. The summed E-state index contributed by atoms with van der Waals surface area (Å²) in [5, 5.41) is 9.17. The second kappa shape index (κ2) is 5.07. The molecule has 0 aliphatic carbocycles. The number of hydrogen-bond donors (Lipinski definition) is 2. The van der Waals surface area contributed by atoms with Gasteiger partial charge >= 0.3 is 0 Å². The van der Waals surface area contributed by atoms with E-state index in [1.54, 1.807) is 0 Å². The van der Waals surface area contributed by atoms with Crippen LogP contribution in [0.4, 0.5) is 0 Å². The smallest absolute Gasteiger partial charge is 0.246 e. The van der Waals surface area contributed by atoms with Crippen LogP contribution < -0.4 is 5.32 Å². The summed E-state index contributed by atoms with van der Waals surface area (Å²) in [4.78, 5) is 15.5. The Morgan fingerprint density at radius 1 is 1.62 bits per heavy atom. The highest BCUT2D eigenvalue weighted by atomic mass is 16.5. The van der Waals surface area contributed by atoms with E-state index in [0.717, 1.165) is 0 Å². The molecule has 1 atom stereocenters. The Morgan fingerprint density at radius 2 is 2.31 bits per heavy atom. The largest absolute Gasteiger partial charge is 0.366 e. The van der Waals surface area contributed by atoms with E-state index in [4.69, 9.17) is 4.74 Å². The number of aromatic amines is 1. The van der Waals surface area contributed by atoms with E-state index in [2.05, 4.69) is 20.5 Å². The van der Waals surface area contributed by atoms with Crippen molar-refractivity contribution >= 4 is 5.91 Å². The SMILES string of the molecule is CC(NC(=O)COC(C)(C)C)c1ncn[nH]1. The minimum Gasteiger partial charge on any atom is -0.366 e. The molecule has 0 aliphatic heterocycles. The highest BCUT2D eigenvalue weighted by molar-refractivity contribution is 5.77. The molecular weight excluding hydrogens is 208 g/mol. The van der Waals surface area contributed by atoms with Crippen molar-refractivity contribution in [3.8, 4) is 0 Å². The first kappa shape index (κ1) is 12.6. The van der Waals surface area contributed by atoms with Crippen LogP contribution in [0.1, 0.15) is 39.6 Å². The van der Waals surface area contributed by atoms with Crippen LogP contribution >= 0.6 is 0 Å². The second-order valence-electron chi connectivity index (χ2n) is 4.56. The van der Waals surface area contributed by atoms with Gasteiger partial charge in [-0.15, -0.1) is 0 Å². The Kier molecular flexibility index (Phi) is 4.00. The minimum atomic E-state index is -0.313. The van der Waals surface area contributed by atoms with Crippen LogP contribution in [-0.2, 0) is 9.53 Å². The van der Waals surface area contributed by atoms with Crippen LogP contribution in [0.5, 0.6) is 0 Å². The van der Waals surface area contributed by atoms with Gasteiger partial charge in [-0.2, -0.15) is 5.10 Å². The molecule has 1 unspecified atom stereocenters. The predicted octanol–water partition coefficient (Wildman–Crippen LogP) is 0.797. The molecule has 1 aromatic rings. The third-order valence-corrected chi connectivity index (χ3v) is 1.86. The third-order valence-electron chi connectivity index (χ3n) is 1.86. The molecule has 0 bridgehead atoms. The van der Waals surface area contributed by atoms with Gasteiger partial charge in [-0.05, 0) is 27.7 Å². The summed E-state index contributed by atoms with van der Waals surface area (Å²) in [6.07, 6.45) is 1.41. The summed E-state index contributed by atoms with van der Waals surface area (Å²) in [7, 11) is 0. The number of carbonyl (C=O) groups excluding carboxylic acids is 1. The van der Waals surface area contributed by atoms with Gasteiger partial charge in [0.15, 0.2) is 0 Å². The van der Waals surface area contributed by atoms with Crippen molar-refractivity contribution < 1.29 is 9.53 Å². The van der Waals surface area contributed by atoms with Gasteiger partial charge < -0.3 is 10.1 Å². The molecule has 6 heteroatoms. The molecule has 16 heavy (non-hydrogen) atoms. The molecule has 0 aliphatic rings. The number of carbonyl (C=O) groups is 1. The molecule has 1 heterocycles. The quantitative estimate of drug-likeness (QED) is 0.795. The van der Waals surface area contributed by atoms with Gasteiger partial charge in [0.25, 0.3) is 0 Å². The van der Waals surface area contributed by atoms with Crippen LogP contribution in [0.2, 0.25) is 0 Å². The van der Waals surface area contributed by atoms with Crippen molar-refractivity contribution in [2.75, 3.05) is 6.61 Å². The third kappa shape index (κ3) is 4.39. The standard InChI is InChI=1S/C10H18N4O2/c1-7(9-11-6-12-14-9)13-8(15)5-16-10(2,3)4/h6-7H,5H2,1-4H3,(H,13,15)(H,11,12,14). The highest BCUT2D eigenvalue weighted by Gasteiger charge is 2.15. The Morgan fingerprint density at radius 3 is 2.81 bits per heavy atom. The first-order chi connectivity index (χ1) is 7.38. The molecule has 1 rings (SSSR count). The zero-order valence-electron chi connectivity index (χ0n) is 10.1. The maximum atomic E-state index is 11.5. The summed E-state index contributed by atoms with van der Waals surface area (Å²) in [6.45, 7) is 7.58. The Bertz CT molecular complexity index is 329. The number of ether oxygens (including phenoxy) is 1. The number of aromatic nitrogens is 3.